The molecule has 2 aromatic rings. The molecule has 1 heterocycles. The van der Waals surface area contributed by atoms with Gasteiger partial charge in [-0.3, -0.25) is 9.59 Å². The van der Waals surface area contributed by atoms with Gasteiger partial charge >= 0.3 is 5.97 Å². The third-order valence-corrected chi connectivity index (χ3v) is 3.89. The number of halogens is 1. The van der Waals surface area contributed by atoms with Crippen LogP contribution in [-0.2, 0) is 9.59 Å². The number of hydrogen-bond acceptors (Lipinski definition) is 3. The molecule has 2 rings (SSSR count). The summed E-state index contributed by atoms with van der Waals surface area (Å²) in [5.74, 6) is -1.90. The maximum Gasteiger partial charge on any atom is 0.305 e. The molecule has 0 radical (unpaired) electrons. The van der Waals surface area contributed by atoms with E-state index in [1.165, 1.54) is 29.6 Å². The number of nitrogens with one attached hydrogen (secondary N) is 1. The van der Waals surface area contributed by atoms with Crippen LogP contribution in [0.1, 0.15) is 22.9 Å². The minimum Gasteiger partial charge on any atom is -0.481 e. The van der Waals surface area contributed by atoms with E-state index in [1.807, 2.05) is 5.38 Å². The van der Waals surface area contributed by atoms with E-state index in [-0.39, 0.29) is 6.42 Å². The molecule has 1 aromatic heterocycles. The normalized spacial score (nSPS) is 12.2. The van der Waals surface area contributed by atoms with Gasteiger partial charge in [-0.2, -0.15) is 0 Å². The lowest BCUT2D eigenvalue weighted by molar-refractivity contribution is -0.137. The number of hydrogen-bond donors (Lipinski definition) is 2. The van der Waals surface area contributed by atoms with Crippen LogP contribution >= 0.6 is 11.3 Å². The van der Waals surface area contributed by atoms with Gasteiger partial charge < -0.3 is 10.4 Å². The second kappa shape index (κ2) is 7.51. The summed E-state index contributed by atoms with van der Waals surface area (Å²) >= 11 is 1.37. The average Bonchev–Trinajstić information content (AvgIpc) is 2.99. The van der Waals surface area contributed by atoms with Crippen LogP contribution in [0.3, 0.4) is 0 Å². The molecule has 0 aliphatic rings. The number of carbonyl (C=O) groups excluding carboxylic acids is 1. The Kier molecular flexibility index (Phi) is 5.43. The van der Waals surface area contributed by atoms with Gasteiger partial charge in [0.05, 0.1) is 12.5 Å². The number of rotatable bonds is 6. The van der Waals surface area contributed by atoms with Gasteiger partial charge in [-0.05, 0) is 23.6 Å². The molecule has 0 saturated carbocycles. The van der Waals surface area contributed by atoms with Crippen molar-refractivity contribution in [3.05, 3.63) is 64.1 Å². The molecule has 4 nitrogen and oxygen atoms in total. The fourth-order valence-corrected chi connectivity index (χ4v) is 2.66. The number of carbonyl (C=O) groups is 2. The van der Waals surface area contributed by atoms with Gasteiger partial charge in [-0.25, -0.2) is 4.39 Å². The van der Waals surface area contributed by atoms with Gasteiger partial charge in [0.1, 0.15) is 5.82 Å². The van der Waals surface area contributed by atoms with Crippen LogP contribution < -0.4 is 5.32 Å². The minimum atomic E-state index is -1.00. The largest absolute Gasteiger partial charge is 0.481 e. The third-order valence-electron chi connectivity index (χ3n) is 2.90. The van der Waals surface area contributed by atoms with E-state index >= 15 is 0 Å². The first-order valence-electron chi connectivity index (χ1n) is 6.54. The first-order chi connectivity index (χ1) is 10.6. The van der Waals surface area contributed by atoms with E-state index in [0.717, 1.165) is 4.88 Å². The van der Waals surface area contributed by atoms with Crippen molar-refractivity contribution in [1.29, 1.82) is 0 Å². The van der Waals surface area contributed by atoms with Crippen LogP contribution in [0, 0.1) is 5.82 Å². The van der Waals surface area contributed by atoms with Crippen molar-refractivity contribution in [3.8, 4) is 0 Å². The lowest BCUT2D eigenvalue weighted by Crippen LogP contribution is -2.28. The van der Waals surface area contributed by atoms with Crippen LogP contribution in [0.25, 0.3) is 6.08 Å². The van der Waals surface area contributed by atoms with Gasteiger partial charge in [0.25, 0.3) is 0 Å². The van der Waals surface area contributed by atoms with Gasteiger partial charge in [-0.1, -0.05) is 24.3 Å². The quantitative estimate of drug-likeness (QED) is 0.803. The van der Waals surface area contributed by atoms with Crippen LogP contribution in [-0.4, -0.2) is 17.0 Å². The van der Waals surface area contributed by atoms with E-state index in [1.54, 1.807) is 30.3 Å². The highest BCUT2D eigenvalue weighted by molar-refractivity contribution is 7.10. The monoisotopic (exact) mass is 319 g/mol. The minimum absolute atomic E-state index is 0.209. The molecule has 0 saturated heterocycles. The average molecular weight is 319 g/mol. The highest BCUT2D eigenvalue weighted by Gasteiger charge is 2.17. The summed E-state index contributed by atoms with van der Waals surface area (Å²) in [4.78, 5) is 23.6. The first-order valence-corrected chi connectivity index (χ1v) is 7.42. The van der Waals surface area contributed by atoms with E-state index in [9.17, 15) is 14.0 Å². The molecule has 0 unspecified atom stereocenters. The van der Waals surface area contributed by atoms with Gasteiger partial charge in [0.2, 0.25) is 5.91 Å². The van der Waals surface area contributed by atoms with Crippen LogP contribution in [0.4, 0.5) is 4.39 Å². The number of aliphatic carboxylic acids is 1. The third kappa shape index (κ3) is 4.53. The van der Waals surface area contributed by atoms with E-state index in [4.69, 9.17) is 5.11 Å². The Balaban J connectivity index is 2.05. The van der Waals surface area contributed by atoms with Crippen molar-refractivity contribution in [1.82, 2.24) is 5.32 Å². The molecule has 1 atom stereocenters. The second-order valence-electron chi connectivity index (χ2n) is 4.53. The Labute approximate surface area is 130 Å². The summed E-state index contributed by atoms with van der Waals surface area (Å²) in [5, 5.41) is 13.4. The first kappa shape index (κ1) is 15.9. The summed E-state index contributed by atoms with van der Waals surface area (Å²) in [5.41, 5.74) is 0.295. The number of carboxylic acid groups (broad SMARTS) is 1. The van der Waals surface area contributed by atoms with Crippen molar-refractivity contribution < 1.29 is 19.1 Å². The molecule has 1 aromatic carbocycles. The lowest BCUT2D eigenvalue weighted by atomic mass is 10.1. The zero-order valence-corrected chi connectivity index (χ0v) is 12.3. The van der Waals surface area contributed by atoms with E-state index < -0.39 is 23.7 Å². The second-order valence-corrected chi connectivity index (χ2v) is 5.51. The molecule has 1 amide bonds. The molecule has 2 N–H and O–H groups in total. The summed E-state index contributed by atoms with van der Waals surface area (Å²) < 4.78 is 13.4. The topological polar surface area (TPSA) is 66.4 Å². The van der Waals surface area contributed by atoms with Crippen molar-refractivity contribution in [2.75, 3.05) is 0 Å². The molecule has 6 heteroatoms. The number of benzene rings is 1. The maximum atomic E-state index is 13.4. The van der Waals surface area contributed by atoms with Crippen LogP contribution in [0.15, 0.2) is 47.9 Å². The maximum absolute atomic E-state index is 13.4. The van der Waals surface area contributed by atoms with Crippen molar-refractivity contribution in [3.63, 3.8) is 0 Å². The fourth-order valence-electron chi connectivity index (χ4n) is 1.88. The molecule has 0 aliphatic carbocycles. The SMILES string of the molecule is O=C(O)C[C@H](NC(=O)/C=C\c1ccccc1F)c1cccs1. The van der Waals surface area contributed by atoms with Crippen molar-refractivity contribution >= 4 is 29.3 Å². The Morgan fingerprint density at radius 1 is 1.27 bits per heavy atom. The van der Waals surface area contributed by atoms with Gasteiger partial charge in [-0.15, -0.1) is 11.3 Å². The summed E-state index contributed by atoms with van der Waals surface area (Å²) in [6.45, 7) is 0. The Hall–Kier alpha value is -2.47. The summed E-state index contributed by atoms with van der Waals surface area (Å²) in [7, 11) is 0. The lowest BCUT2D eigenvalue weighted by Gasteiger charge is -2.14. The van der Waals surface area contributed by atoms with Crippen LogP contribution in [0.2, 0.25) is 0 Å². The molecule has 0 spiro atoms. The number of thiophene rings is 1. The Morgan fingerprint density at radius 3 is 2.68 bits per heavy atom. The van der Waals surface area contributed by atoms with Crippen molar-refractivity contribution in [2.45, 2.75) is 12.5 Å². The summed E-state index contributed by atoms with van der Waals surface area (Å²) in [6.07, 6.45) is 2.34. The molecule has 114 valence electrons. The highest BCUT2D eigenvalue weighted by Crippen LogP contribution is 2.22. The predicted molar refractivity (Wildman–Crippen MR) is 82.9 cm³/mol. The number of carboxylic acids is 1. The van der Waals surface area contributed by atoms with Crippen molar-refractivity contribution in [2.24, 2.45) is 0 Å². The smallest absolute Gasteiger partial charge is 0.305 e. The van der Waals surface area contributed by atoms with E-state index in [0.29, 0.717) is 5.56 Å². The predicted octanol–water partition coefficient (Wildman–Crippen LogP) is 3.23. The standard InChI is InChI=1S/C16H14FNO3S/c17-12-5-2-1-4-11(12)7-8-15(19)18-13(10-16(20)21)14-6-3-9-22-14/h1-9,13H,10H2,(H,18,19)(H,20,21)/b8-7-/t13-/m0/s1. The summed E-state index contributed by atoms with van der Waals surface area (Å²) in [6, 6.07) is 9.03. The van der Waals surface area contributed by atoms with E-state index in [2.05, 4.69) is 5.32 Å². The Bertz CT molecular complexity index is 682. The van der Waals surface area contributed by atoms with Gasteiger partial charge in [0, 0.05) is 16.5 Å². The molecular weight excluding hydrogens is 305 g/mol. The molecule has 0 bridgehead atoms. The fraction of sp³-hybridized carbons (Fsp3) is 0.125. The zero-order valence-electron chi connectivity index (χ0n) is 11.5. The molecule has 22 heavy (non-hydrogen) atoms. The van der Waals surface area contributed by atoms with Crippen LogP contribution in [0.5, 0.6) is 0 Å². The Morgan fingerprint density at radius 2 is 2.05 bits per heavy atom. The molecule has 0 fully saturated rings. The van der Waals surface area contributed by atoms with Gasteiger partial charge in [0.15, 0.2) is 0 Å². The molecule has 0 aliphatic heterocycles. The molecular formula is C16H14FNO3S. The highest BCUT2D eigenvalue weighted by atomic mass is 32.1. The number of amides is 1. The zero-order chi connectivity index (χ0) is 15.9.